The van der Waals surface area contributed by atoms with Gasteiger partial charge in [0.2, 0.25) is 0 Å². The summed E-state index contributed by atoms with van der Waals surface area (Å²) in [4.78, 5) is 10.4. The van der Waals surface area contributed by atoms with Crippen LogP contribution in [0.3, 0.4) is 0 Å². The highest BCUT2D eigenvalue weighted by Gasteiger charge is 2.39. The molecule has 0 amide bonds. The van der Waals surface area contributed by atoms with Crippen molar-refractivity contribution in [2.45, 2.75) is 31.5 Å². The van der Waals surface area contributed by atoms with Crippen molar-refractivity contribution in [2.75, 3.05) is 13.2 Å². The Morgan fingerprint density at radius 1 is 1.33 bits per heavy atom. The van der Waals surface area contributed by atoms with Crippen LogP contribution in [0.25, 0.3) is 0 Å². The van der Waals surface area contributed by atoms with E-state index in [0.717, 1.165) is 24.8 Å². The van der Waals surface area contributed by atoms with Crippen LogP contribution in [0.15, 0.2) is 5.57 Å². The summed E-state index contributed by atoms with van der Waals surface area (Å²) >= 11 is 0. The first-order valence-corrected chi connectivity index (χ1v) is 4.35. The van der Waals surface area contributed by atoms with Crippen molar-refractivity contribution in [1.82, 2.24) is 0 Å². The molecule has 0 N–H and O–H groups in total. The number of carbonyl (C=O) groups excluding carboxylic acids is 1. The van der Waals surface area contributed by atoms with Gasteiger partial charge in [-0.2, -0.15) is 0 Å². The van der Waals surface area contributed by atoms with Gasteiger partial charge in [0.05, 0.1) is 13.2 Å². The van der Waals surface area contributed by atoms with Crippen molar-refractivity contribution in [3.05, 3.63) is 5.57 Å². The molecule has 1 heterocycles. The van der Waals surface area contributed by atoms with Gasteiger partial charge in [-0.15, -0.1) is 0 Å². The molecule has 0 aromatic carbocycles. The molecule has 1 aliphatic carbocycles. The Morgan fingerprint density at radius 2 is 2.08 bits per heavy atom. The topological polar surface area (TPSA) is 35.5 Å². The van der Waals surface area contributed by atoms with Gasteiger partial charge < -0.3 is 9.47 Å². The van der Waals surface area contributed by atoms with Gasteiger partial charge >= 0.3 is 0 Å². The summed E-state index contributed by atoms with van der Waals surface area (Å²) < 4.78 is 11.0. The third kappa shape index (κ3) is 1.31. The molecule has 66 valence electrons. The lowest BCUT2D eigenvalue weighted by molar-refractivity contribution is -0.167. The second-order valence-electron chi connectivity index (χ2n) is 3.34. The Bertz CT molecular complexity index is 222. The van der Waals surface area contributed by atoms with Crippen molar-refractivity contribution >= 4 is 5.94 Å². The van der Waals surface area contributed by atoms with Crippen LogP contribution in [0.1, 0.15) is 25.7 Å². The highest BCUT2D eigenvalue weighted by Crippen LogP contribution is 2.37. The minimum absolute atomic E-state index is 0.453. The molecular formula is C9H12O3. The zero-order chi connectivity index (χ0) is 8.44. The average Bonchev–Trinajstić information content (AvgIpc) is 2.53. The maximum absolute atomic E-state index is 10.4. The van der Waals surface area contributed by atoms with Crippen LogP contribution in [-0.2, 0) is 14.3 Å². The smallest absolute Gasteiger partial charge is 0.172 e. The Balaban J connectivity index is 2.11. The van der Waals surface area contributed by atoms with Gasteiger partial charge in [0, 0.05) is 18.4 Å². The fourth-order valence-corrected chi connectivity index (χ4v) is 1.90. The Hall–Kier alpha value is -0.630. The van der Waals surface area contributed by atoms with Crippen LogP contribution >= 0.6 is 0 Å². The summed E-state index contributed by atoms with van der Waals surface area (Å²) in [7, 11) is 0. The first kappa shape index (κ1) is 7.99. The van der Waals surface area contributed by atoms with Gasteiger partial charge in [-0.1, -0.05) is 0 Å². The second-order valence-corrected chi connectivity index (χ2v) is 3.34. The summed E-state index contributed by atoms with van der Waals surface area (Å²) in [5, 5.41) is 0. The third-order valence-corrected chi connectivity index (χ3v) is 2.48. The molecule has 3 nitrogen and oxygen atoms in total. The third-order valence-electron chi connectivity index (χ3n) is 2.48. The maximum atomic E-state index is 10.4. The van der Waals surface area contributed by atoms with Crippen molar-refractivity contribution in [3.8, 4) is 0 Å². The lowest BCUT2D eigenvalue weighted by Gasteiger charge is -2.31. The average molecular weight is 168 g/mol. The van der Waals surface area contributed by atoms with Gasteiger partial charge in [0.25, 0.3) is 0 Å². The van der Waals surface area contributed by atoms with E-state index in [-0.39, 0.29) is 0 Å². The standard InChI is InChI=1S/C9H12O3/c10-7-8-2-1-3-9(6-8)11-4-5-12-9/h1-6H2. The molecule has 2 aliphatic rings. The Labute approximate surface area is 71.3 Å². The minimum atomic E-state index is -0.453. The predicted molar refractivity (Wildman–Crippen MR) is 42.3 cm³/mol. The molecule has 3 heteroatoms. The van der Waals surface area contributed by atoms with Crippen LogP contribution < -0.4 is 0 Å². The highest BCUT2D eigenvalue weighted by atomic mass is 16.7. The van der Waals surface area contributed by atoms with Gasteiger partial charge in [-0.25, -0.2) is 4.79 Å². The summed E-state index contributed by atoms with van der Waals surface area (Å²) in [6.45, 7) is 1.32. The molecule has 1 saturated heterocycles. The molecule has 0 unspecified atom stereocenters. The SMILES string of the molecule is O=C=C1CCCC2(C1)OCCO2. The predicted octanol–water partition coefficient (Wildman–Crippen LogP) is 1.06. The first-order valence-electron chi connectivity index (χ1n) is 4.35. The van der Waals surface area contributed by atoms with E-state index in [9.17, 15) is 4.79 Å². The summed E-state index contributed by atoms with van der Waals surface area (Å²) in [6, 6.07) is 0. The summed E-state index contributed by atoms with van der Waals surface area (Å²) in [5.74, 6) is 1.51. The molecular weight excluding hydrogens is 156 g/mol. The van der Waals surface area contributed by atoms with Gasteiger partial charge in [-0.3, -0.25) is 0 Å². The minimum Gasteiger partial charge on any atom is -0.347 e. The maximum Gasteiger partial charge on any atom is 0.172 e. The van der Waals surface area contributed by atoms with Crippen molar-refractivity contribution in [2.24, 2.45) is 0 Å². The van der Waals surface area contributed by atoms with Crippen LogP contribution in [0.2, 0.25) is 0 Å². The lowest BCUT2D eigenvalue weighted by atomic mass is 9.90. The van der Waals surface area contributed by atoms with Crippen molar-refractivity contribution in [1.29, 1.82) is 0 Å². The number of hydrogen-bond donors (Lipinski definition) is 0. The van der Waals surface area contributed by atoms with Gasteiger partial charge in [-0.05, 0) is 12.8 Å². The van der Waals surface area contributed by atoms with Gasteiger partial charge in [0.1, 0.15) is 5.94 Å². The highest BCUT2D eigenvalue weighted by molar-refractivity contribution is 5.53. The zero-order valence-electron chi connectivity index (χ0n) is 6.97. The quantitative estimate of drug-likeness (QED) is 0.507. The monoisotopic (exact) mass is 168 g/mol. The lowest BCUT2D eigenvalue weighted by Crippen LogP contribution is -2.33. The fourth-order valence-electron chi connectivity index (χ4n) is 1.90. The van der Waals surface area contributed by atoms with E-state index in [4.69, 9.17) is 9.47 Å². The zero-order valence-corrected chi connectivity index (χ0v) is 6.97. The van der Waals surface area contributed by atoms with E-state index >= 15 is 0 Å². The molecule has 2 fully saturated rings. The molecule has 0 aromatic heterocycles. The van der Waals surface area contributed by atoms with Gasteiger partial charge in [0.15, 0.2) is 5.79 Å². The fraction of sp³-hybridized carbons (Fsp3) is 0.778. The van der Waals surface area contributed by atoms with Crippen LogP contribution in [0.5, 0.6) is 0 Å². The van der Waals surface area contributed by atoms with Crippen molar-refractivity contribution in [3.63, 3.8) is 0 Å². The second kappa shape index (κ2) is 3.02. The van der Waals surface area contributed by atoms with E-state index in [0.29, 0.717) is 19.6 Å². The summed E-state index contributed by atoms with van der Waals surface area (Å²) in [5.41, 5.74) is 0.808. The summed E-state index contributed by atoms with van der Waals surface area (Å²) in [6.07, 6.45) is 3.37. The Morgan fingerprint density at radius 3 is 2.75 bits per heavy atom. The van der Waals surface area contributed by atoms with E-state index in [2.05, 4.69) is 0 Å². The molecule has 1 saturated carbocycles. The molecule has 1 spiro atoms. The number of ether oxygens (including phenoxy) is 2. The van der Waals surface area contributed by atoms with Crippen molar-refractivity contribution < 1.29 is 14.3 Å². The largest absolute Gasteiger partial charge is 0.347 e. The molecule has 0 aromatic rings. The molecule has 0 radical (unpaired) electrons. The molecule has 0 atom stereocenters. The molecule has 0 bridgehead atoms. The van der Waals surface area contributed by atoms with E-state index in [1.807, 2.05) is 5.94 Å². The number of rotatable bonds is 0. The normalized spacial score (nSPS) is 27.5. The van der Waals surface area contributed by atoms with Crippen LogP contribution in [-0.4, -0.2) is 24.9 Å². The van der Waals surface area contributed by atoms with E-state index in [1.165, 1.54) is 0 Å². The van der Waals surface area contributed by atoms with E-state index in [1.54, 1.807) is 0 Å². The van der Waals surface area contributed by atoms with Crippen LogP contribution in [0, 0.1) is 0 Å². The Kier molecular flexibility index (Phi) is 2.01. The first-order chi connectivity index (χ1) is 5.85. The molecule has 12 heavy (non-hydrogen) atoms. The number of hydrogen-bond acceptors (Lipinski definition) is 3. The molecule has 2 rings (SSSR count). The molecule has 1 aliphatic heterocycles. The van der Waals surface area contributed by atoms with Crippen LogP contribution in [0.4, 0.5) is 0 Å². The van der Waals surface area contributed by atoms with E-state index < -0.39 is 5.79 Å².